The number of halogens is 3. The topological polar surface area (TPSA) is 58.5 Å². The lowest BCUT2D eigenvalue weighted by molar-refractivity contribution is -0.274. The first kappa shape index (κ1) is 19.0. The van der Waals surface area contributed by atoms with Gasteiger partial charge in [-0.05, 0) is 19.9 Å². The minimum atomic E-state index is -4.73. The first-order valence-corrected chi connectivity index (χ1v) is 8.51. The number of para-hydroxylation sites is 1. The minimum absolute atomic E-state index is 0.0588. The SMILES string of the molecule is CCNC(=NCc1ccccc1OC(F)(F)F)NCc1scnc1C. The molecule has 0 amide bonds. The molecule has 2 aromatic rings. The van der Waals surface area contributed by atoms with Crippen LogP contribution in [-0.2, 0) is 13.1 Å². The Kier molecular flexibility index (Phi) is 6.63. The highest BCUT2D eigenvalue weighted by molar-refractivity contribution is 7.09. The van der Waals surface area contributed by atoms with E-state index in [1.807, 2.05) is 13.8 Å². The Balaban J connectivity index is 2.07. The first-order valence-electron chi connectivity index (χ1n) is 7.64. The molecule has 1 aromatic heterocycles. The van der Waals surface area contributed by atoms with Crippen LogP contribution in [0.25, 0.3) is 0 Å². The van der Waals surface area contributed by atoms with Gasteiger partial charge in [0.25, 0.3) is 0 Å². The van der Waals surface area contributed by atoms with Crippen molar-refractivity contribution in [3.63, 3.8) is 0 Å². The molecule has 2 rings (SSSR count). The maximum atomic E-state index is 12.5. The molecule has 25 heavy (non-hydrogen) atoms. The van der Waals surface area contributed by atoms with Gasteiger partial charge in [-0.2, -0.15) is 0 Å². The molecule has 5 nitrogen and oxygen atoms in total. The van der Waals surface area contributed by atoms with Gasteiger partial charge >= 0.3 is 6.36 Å². The average molecular weight is 372 g/mol. The molecule has 0 unspecified atom stereocenters. The maximum Gasteiger partial charge on any atom is 0.573 e. The first-order chi connectivity index (χ1) is 11.9. The van der Waals surface area contributed by atoms with E-state index in [1.165, 1.54) is 23.5 Å². The van der Waals surface area contributed by atoms with E-state index in [4.69, 9.17) is 0 Å². The van der Waals surface area contributed by atoms with Crippen LogP contribution < -0.4 is 15.4 Å². The van der Waals surface area contributed by atoms with Gasteiger partial charge in [0, 0.05) is 17.0 Å². The summed E-state index contributed by atoms with van der Waals surface area (Å²) in [4.78, 5) is 9.59. The third-order valence-corrected chi connectivity index (χ3v) is 4.15. The van der Waals surface area contributed by atoms with Crippen molar-refractivity contribution in [2.24, 2.45) is 4.99 Å². The predicted molar refractivity (Wildman–Crippen MR) is 91.6 cm³/mol. The summed E-state index contributed by atoms with van der Waals surface area (Å²) in [6.45, 7) is 5.07. The fourth-order valence-corrected chi connectivity index (χ4v) is 2.74. The van der Waals surface area contributed by atoms with Crippen LogP contribution in [0.2, 0.25) is 0 Å². The number of nitrogens with zero attached hydrogens (tertiary/aromatic N) is 2. The number of rotatable bonds is 6. The van der Waals surface area contributed by atoms with E-state index < -0.39 is 6.36 Å². The summed E-state index contributed by atoms with van der Waals surface area (Å²) in [6.07, 6.45) is -4.73. The van der Waals surface area contributed by atoms with Crippen molar-refractivity contribution < 1.29 is 17.9 Å². The second-order valence-electron chi connectivity index (χ2n) is 5.07. The number of hydrogen-bond acceptors (Lipinski definition) is 4. The molecular formula is C16H19F3N4OS. The Hall–Kier alpha value is -2.29. The van der Waals surface area contributed by atoms with E-state index in [2.05, 4.69) is 25.3 Å². The number of guanidine groups is 1. The van der Waals surface area contributed by atoms with Gasteiger partial charge in [0.1, 0.15) is 5.75 Å². The second-order valence-corrected chi connectivity index (χ2v) is 6.00. The monoisotopic (exact) mass is 372 g/mol. The Morgan fingerprint density at radius 3 is 2.68 bits per heavy atom. The van der Waals surface area contributed by atoms with Gasteiger partial charge in [0.2, 0.25) is 0 Å². The molecule has 136 valence electrons. The molecule has 0 spiro atoms. The zero-order chi connectivity index (χ0) is 18.3. The second kappa shape index (κ2) is 8.70. The third-order valence-electron chi connectivity index (χ3n) is 3.21. The lowest BCUT2D eigenvalue weighted by atomic mass is 10.2. The summed E-state index contributed by atoms with van der Waals surface area (Å²) in [5.41, 5.74) is 3.06. The molecule has 0 radical (unpaired) electrons. The Labute approximate surface area is 148 Å². The Morgan fingerprint density at radius 1 is 1.28 bits per heavy atom. The zero-order valence-electron chi connectivity index (χ0n) is 13.9. The van der Waals surface area contributed by atoms with Crippen molar-refractivity contribution in [1.82, 2.24) is 15.6 Å². The zero-order valence-corrected chi connectivity index (χ0v) is 14.7. The number of aromatic nitrogens is 1. The molecule has 1 heterocycles. The van der Waals surface area contributed by atoms with Crippen molar-refractivity contribution in [3.05, 3.63) is 45.9 Å². The smallest absolute Gasteiger partial charge is 0.405 e. The molecule has 0 bridgehead atoms. The van der Waals surface area contributed by atoms with Crippen molar-refractivity contribution in [1.29, 1.82) is 0 Å². The lowest BCUT2D eigenvalue weighted by Gasteiger charge is -2.13. The van der Waals surface area contributed by atoms with E-state index in [0.717, 1.165) is 10.6 Å². The van der Waals surface area contributed by atoms with E-state index in [0.29, 0.717) is 24.6 Å². The number of aryl methyl sites for hydroxylation is 1. The number of alkyl halides is 3. The van der Waals surface area contributed by atoms with Crippen LogP contribution in [0.4, 0.5) is 13.2 Å². The van der Waals surface area contributed by atoms with E-state index in [1.54, 1.807) is 17.6 Å². The van der Waals surface area contributed by atoms with Crippen molar-refractivity contribution in [3.8, 4) is 5.75 Å². The summed E-state index contributed by atoms with van der Waals surface area (Å²) in [7, 11) is 0. The molecule has 0 atom stereocenters. The largest absolute Gasteiger partial charge is 0.573 e. The van der Waals surface area contributed by atoms with Crippen molar-refractivity contribution in [2.75, 3.05) is 6.54 Å². The van der Waals surface area contributed by atoms with Crippen LogP contribution >= 0.6 is 11.3 Å². The van der Waals surface area contributed by atoms with Gasteiger partial charge in [-0.15, -0.1) is 24.5 Å². The molecular weight excluding hydrogens is 353 g/mol. The summed E-state index contributed by atoms with van der Waals surface area (Å²) in [5, 5.41) is 6.21. The predicted octanol–water partition coefficient (Wildman–Crippen LogP) is 3.61. The van der Waals surface area contributed by atoms with Gasteiger partial charge < -0.3 is 15.4 Å². The number of benzene rings is 1. The molecule has 2 N–H and O–H groups in total. The summed E-state index contributed by atoms with van der Waals surface area (Å²) >= 11 is 1.53. The normalized spacial score (nSPS) is 12.1. The van der Waals surface area contributed by atoms with Gasteiger partial charge in [0.15, 0.2) is 5.96 Å². The van der Waals surface area contributed by atoms with Crippen molar-refractivity contribution >= 4 is 17.3 Å². The molecule has 0 aliphatic carbocycles. The van der Waals surface area contributed by atoms with E-state index >= 15 is 0 Å². The number of aliphatic imine (C=N–C) groups is 1. The Morgan fingerprint density at radius 2 is 2.04 bits per heavy atom. The number of thiazole rings is 1. The highest BCUT2D eigenvalue weighted by atomic mass is 32.1. The highest BCUT2D eigenvalue weighted by Gasteiger charge is 2.31. The maximum absolute atomic E-state index is 12.5. The quantitative estimate of drug-likeness (QED) is 0.601. The fraction of sp³-hybridized carbons (Fsp3) is 0.375. The van der Waals surface area contributed by atoms with Gasteiger partial charge in [0.05, 0.1) is 24.3 Å². The van der Waals surface area contributed by atoms with Crippen LogP contribution in [0, 0.1) is 6.92 Å². The van der Waals surface area contributed by atoms with Crippen LogP contribution in [0.3, 0.4) is 0 Å². The number of hydrogen-bond donors (Lipinski definition) is 2. The lowest BCUT2D eigenvalue weighted by Crippen LogP contribution is -2.36. The molecule has 0 aliphatic rings. The summed E-state index contributed by atoms with van der Waals surface area (Å²) in [6, 6.07) is 5.97. The Bertz CT molecular complexity index is 715. The number of ether oxygens (including phenoxy) is 1. The minimum Gasteiger partial charge on any atom is -0.405 e. The average Bonchev–Trinajstić information content (AvgIpc) is 2.95. The van der Waals surface area contributed by atoms with Crippen molar-refractivity contribution in [2.45, 2.75) is 33.3 Å². The van der Waals surface area contributed by atoms with Gasteiger partial charge in [-0.1, -0.05) is 18.2 Å². The molecule has 0 fully saturated rings. The number of nitrogens with one attached hydrogen (secondary N) is 2. The molecule has 9 heteroatoms. The molecule has 0 saturated carbocycles. The molecule has 0 aliphatic heterocycles. The summed E-state index contributed by atoms with van der Waals surface area (Å²) in [5.74, 6) is 0.269. The van der Waals surface area contributed by atoms with E-state index in [-0.39, 0.29) is 12.3 Å². The van der Waals surface area contributed by atoms with Crippen LogP contribution in [0.1, 0.15) is 23.1 Å². The third kappa shape index (κ3) is 6.26. The fourth-order valence-electron chi connectivity index (χ4n) is 2.02. The van der Waals surface area contributed by atoms with Crippen LogP contribution in [-0.4, -0.2) is 23.9 Å². The molecule has 1 aromatic carbocycles. The molecule has 0 saturated heterocycles. The van der Waals surface area contributed by atoms with Gasteiger partial charge in [-0.25, -0.2) is 9.98 Å². The summed E-state index contributed by atoms with van der Waals surface area (Å²) < 4.78 is 41.5. The highest BCUT2D eigenvalue weighted by Crippen LogP contribution is 2.26. The van der Waals surface area contributed by atoms with Crippen LogP contribution in [0.5, 0.6) is 5.75 Å². The van der Waals surface area contributed by atoms with E-state index in [9.17, 15) is 13.2 Å². The van der Waals surface area contributed by atoms with Gasteiger partial charge in [-0.3, -0.25) is 0 Å². The standard InChI is InChI=1S/C16H19F3N4OS/c1-3-20-15(22-9-14-11(2)23-10-25-14)21-8-12-6-4-5-7-13(12)24-16(17,18)19/h4-7,10H,3,8-9H2,1-2H3,(H2,20,21,22). The van der Waals surface area contributed by atoms with Crippen LogP contribution in [0.15, 0.2) is 34.8 Å².